The SMILES string of the molecule is C[N+](C)(C)C[C@@H](CC(=O)[O-])NS(=O)(=O)c1ccc(C(F)(F)F)cc1. The van der Waals surface area contributed by atoms with Gasteiger partial charge >= 0.3 is 6.18 Å². The molecule has 0 unspecified atom stereocenters. The van der Waals surface area contributed by atoms with Crippen LogP contribution in [-0.4, -0.2) is 52.6 Å². The number of hydrogen-bond acceptors (Lipinski definition) is 4. The zero-order valence-corrected chi connectivity index (χ0v) is 14.2. The Labute approximate surface area is 138 Å². The summed E-state index contributed by atoms with van der Waals surface area (Å²) in [4.78, 5) is 10.4. The van der Waals surface area contributed by atoms with Crippen molar-refractivity contribution in [1.82, 2.24) is 4.72 Å². The van der Waals surface area contributed by atoms with Gasteiger partial charge in [0, 0.05) is 12.4 Å². The van der Waals surface area contributed by atoms with E-state index >= 15 is 0 Å². The standard InChI is InChI=1S/C14H19F3N2O4S/c1-19(2,3)9-11(8-13(20)21)18-24(22,23)12-6-4-10(5-7-12)14(15,16)17/h4-7,11,18H,8-9H2,1-3H3/t11-/m1/s1. The van der Waals surface area contributed by atoms with Crippen molar-refractivity contribution in [1.29, 1.82) is 0 Å². The van der Waals surface area contributed by atoms with Gasteiger partial charge < -0.3 is 14.4 Å². The molecule has 1 rings (SSSR count). The first-order valence-corrected chi connectivity index (χ1v) is 8.39. The lowest BCUT2D eigenvalue weighted by Gasteiger charge is -2.29. The Balaban J connectivity index is 3.02. The summed E-state index contributed by atoms with van der Waals surface area (Å²) < 4.78 is 64.6. The largest absolute Gasteiger partial charge is 0.550 e. The van der Waals surface area contributed by atoms with Gasteiger partial charge in [-0.1, -0.05) is 0 Å². The van der Waals surface area contributed by atoms with Crippen LogP contribution >= 0.6 is 0 Å². The van der Waals surface area contributed by atoms with Crippen molar-refractivity contribution in [3.05, 3.63) is 29.8 Å². The molecule has 6 nitrogen and oxygen atoms in total. The average Bonchev–Trinajstić information content (AvgIpc) is 2.34. The van der Waals surface area contributed by atoms with Crippen LogP contribution in [0.25, 0.3) is 0 Å². The second-order valence-corrected chi connectivity index (χ2v) is 8.10. The number of carbonyl (C=O) groups excluding carboxylic acids is 1. The number of nitrogens with one attached hydrogen (secondary N) is 1. The molecule has 136 valence electrons. The molecule has 0 aliphatic heterocycles. The molecule has 0 spiro atoms. The number of carboxylic acids is 1. The number of rotatable bonds is 7. The lowest BCUT2D eigenvalue weighted by molar-refractivity contribution is -0.871. The molecule has 0 heterocycles. The third-order valence-corrected chi connectivity index (χ3v) is 4.53. The summed E-state index contributed by atoms with van der Waals surface area (Å²) in [5.41, 5.74) is -0.973. The van der Waals surface area contributed by atoms with E-state index in [2.05, 4.69) is 4.72 Å². The molecule has 0 fully saturated rings. The topological polar surface area (TPSA) is 86.3 Å². The first-order valence-electron chi connectivity index (χ1n) is 6.90. The third-order valence-electron chi connectivity index (χ3n) is 2.99. The van der Waals surface area contributed by atoms with Gasteiger partial charge in [-0.3, -0.25) is 0 Å². The fraction of sp³-hybridized carbons (Fsp3) is 0.500. The molecule has 1 aromatic carbocycles. The number of likely N-dealkylation sites (N-methyl/N-ethyl adjacent to an activating group) is 1. The van der Waals surface area contributed by atoms with Crippen LogP contribution in [0.3, 0.4) is 0 Å². The molecule has 1 aromatic rings. The Morgan fingerprint density at radius 1 is 1.21 bits per heavy atom. The van der Waals surface area contributed by atoms with Gasteiger partial charge in [-0.15, -0.1) is 0 Å². The van der Waals surface area contributed by atoms with Gasteiger partial charge in [-0.05, 0) is 24.3 Å². The molecule has 0 saturated carbocycles. The molecule has 0 radical (unpaired) electrons. The number of carboxylic acid groups (broad SMARTS) is 1. The number of alkyl halides is 3. The third kappa shape index (κ3) is 6.46. The van der Waals surface area contributed by atoms with E-state index in [0.29, 0.717) is 12.1 Å². The van der Waals surface area contributed by atoms with E-state index in [0.717, 1.165) is 12.1 Å². The molecular formula is C14H19F3N2O4S. The van der Waals surface area contributed by atoms with Gasteiger partial charge in [0.05, 0.1) is 44.2 Å². The maximum atomic E-state index is 12.5. The molecular weight excluding hydrogens is 349 g/mol. The van der Waals surface area contributed by atoms with Gasteiger partial charge in [0.25, 0.3) is 0 Å². The van der Waals surface area contributed by atoms with Crippen LogP contribution in [0.1, 0.15) is 12.0 Å². The highest BCUT2D eigenvalue weighted by molar-refractivity contribution is 7.89. The first-order chi connectivity index (χ1) is 10.7. The number of quaternary nitrogens is 1. The molecule has 10 heteroatoms. The maximum Gasteiger partial charge on any atom is 0.416 e. The number of aliphatic carboxylic acids is 1. The summed E-state index contributed by atoms with van der Waals surface area (Å²) in [6, 6.07) is 2.01. The molecule has 0 bridgehead atoms. The fourth-order valence-electron chi connectivity index (χ4n) is 2.12. The quantitative estimate of drug-likeness (QED) is 0.697. The van der Waals surface area contributed by atoms with Gasteiger partial charge in [0.15, 0.2) is 0 Å². The maximum absolute atomic E-state index is 12.5. The van der Waals surface area contributed by atoms with Crippen LogP contribution in [-0.2, 0) is 21.0 Å². The highest BCUT2D eigenvalue weighted by Crippen LogP contribution is 2.29. The predicted molar refractivity (Wildman–Crippen MR) is 78.1 cm³/mol. The second-order valence-electron chi connectivity index (χ2n) is 6.39. The second kappa shape index (κ2) is 7.08. The summed E-state index contributed by atoms with van der Waals surface area (Å²) in [5.74, 6) is -1.43. The van der Waals surface area contributed by atoms with Crippen molar-refractivity contribution in [3.8, 4) is 0 Å². The number of carbonyl (C=O) groups is 1. The number of sulfonamides is 1. The minimum absolute atomic E-state index is 0.161. The molecule has 1 atom stereocenters. The van der Waals surface area contributed by atoms with Crippen molar-refractivity contribution in [2.24, 2.45) is 0 Å². The van der Waals surface area contributed by atoms with Crippen LogP contribution in [0.2, 0.25) is 0 Å². The minimum atomic E-state index is -4.57. The number of benzene rings is 1. The van der Waals surface area contributed by atoms with Crippen molar-refractivity contribution < 1.29 is 36.0 Å². The van der Waals surface area contributed by atoms with Crippen LogP contribution in [0.15, 0.2) is 29.2 Å². The van der Waals surface area contributed by atoms with Gasteiger partial charge in [-0.25, -0.2) is 13.1 Å². The van der Waals surface area contributed by atoms with Crippen LogP contribution in [0.5, 0.6) is 0 Å². The predicted octanol–water partition coefficient (Wildman–Crippen LogP) is 0.199. The molecule has 1 N–H and O–H groups in total. The lowest BCUT2D eigenvalue weighted by atomic mass is 10.2. The number of nitrogens with zero attached hydrogens (tertiary/aromatic N) is 1. The zero-order chi connectivity index (χ0) is 18.8. The average molecular weight is 368 g/mol. The highest BCUT2D eigenvalue weighted by Gasteiger charge is 2.31. The number of halogens is 3. The van der Waals surface area contributed by atoms with Crippen molar-refractivity contribution in [2.45, 2.75) is 23.5 Å². The zero-order valence-electron chi connectivity index (χ0n) is 13.4. The van der Waals surface area contributed by atoms with Gasteiger partial charge in [-0.2, -0.15) is 13.2 Å². The van der Waals surface area contributed by atoms with Gasteiger partial charge in [0.1, 0.15) is 0 Å². The van der Waals surface area contributed by atoms with E-state index in [1.165, 1.54) is 0 Å². The summed E-state index contributed by atoms with van der Waals surface area (Å²) in [7, 11) is 1.08. The van der Waals surface area contributed by atoms with Crippen LogP contribution in [0, 0.1) is 0 Å². The molecule has 0 aromatic heterocycles. The van der Waals surface area contributed by atoms with Gasteiger partial charge in [0.2, 0.25) is 10.0 Å². The van der Waals surface area contributed by atoms with E-state index in [1.54, 1.807) is 21.1 Å². The number of hydrogen-bond donors (Lipinski definition) is 1. The Morgan fingerprint density at radius 2 is 1.71 bits per heavy atom. The van der Waals surface area contributed by atoms with E-state index in [-0.39, 0.29) is 15.9 Å². The summed E-state index contributed by atoms with van der Waals surface area (Å²) in [6.07, 6.45) is -5.12. The molecule has 0 amide bonds. The molecule has 24 heavy (non-hydrogen) atoms. The van der Waals surface area contributed by atoms with Crippen LogP contribution in [0.4, 0.5) is 13.2 Å². The van der Waals surface area contributed by atoms with Crippen LogP contribution < -0.4 is 9.83 Å². The van der Waals surface area contributed by atoms with E-state index < -0.39 is 40.2 Å². The van der Waals surface area contributed by atoms with Crippen molar-refractivity contribution >= 4 is 16.0 Å². The summed E-state index contributed by atoms with van der Waals surface area (Å²) >= 11 is 0. The lowest BCUT2D eigenvalue weighted by Crippen LogP contribution is -2.50. The minimum Gasteiger partial charge on any atom is -0.550 e. The summed E-state index contributed by atoms with van der Waals surface area (Å²) in [6.45, 7) is 0.161. The Bertz CT molecular complexity index is 679. The highest BCUT2D eigenvalue weighted by atomic mass is 32.2. The molecule has 0 aliphatic rings. The smallest absolute Gasteiger partial charge is 0.416 e. The Kier molecular flexibility index (Phi) is 6.01. The van der Waals surface area contributed by atoms with E-state index in [9.17, 15) is 31.5 Å². The summed E-state index contributed by atoms with van der Waals surface area (Å²) in [5, 5.41) is 10.8. The molecule has 0 saturated heterocycles. The van der Waals surface area contributed by atoms with Crippen molar-refractivity contribution in [3.63, 3.8) is 0 Å². The monoisotopic (exact) mass is 368 g/mol. The Morgan fingerprint density at radius 3 is 2.08 bits per heavy atom. The molecule has 0 aliphatic carbocycles. The fourth-order valence-corrected chi connectivity index (χ4v) is 3.34. The van der Waals surface area contributed by atoms with Crippen molar-refractivity contribution in [2.75, 3.05) is 27.7 Å². The Hall–Kier alpha value is -1.65. The first kappa shape index (κ1) is 20.4. The van der Waals surface area contributed by atoms with E-state index in [1.807, 2.05) is 0 Å². The normalized spacial score (nSPS) is 14.4. The van der Waals surface area contributed by atoms with E-state index in [4.69, 9.17) is 0 Å².